The predicted octanol–water partition coefficient (Wildman–Crippen LogP) is 4.73. The molecular weight excluding hydrogens is 357 g/mol. The normalized spacial score (nSPS) is 15.0. The van der Waals surface area contributed by atoms with Gasteiger partial charge in [0.25, 0.3) is 0 Å². The number of nitrogens with one attached hydrogen (secondary N) is 1. The highest BCUT2D eigenvalue weighted by Crippen LogP contribution is 2.38. The highest BCUT2D eigenvalue weighted by atomic mass is 35.5. The fourth-order valence-electron chi connectivity index (χ4n) is 2.82. The summed E-state index contributed by atoms with van der Waals surface area (Å²) in [6, 6.07) is 6.22. The second-order valence-corrected chi connectivity index (χ2v) is 6.94. The Morgan fingerprint density at radius 2 is 1.96 bits per heavy atom. The molecule has 0 amide bonds. The van der Waals surface area contributed by atoms with Gasteiger partial charge in [0.1, 0.15) is 0 Å². The molecule has 1 aliphatic heterocycles. The fourth-order valence-corrected chi connectivity index (χ4v) is 4.28. The molecule has 1 aliphatic rings. The van der Waals surface area contributed by atoms with Crippen LogP contribution in [-0.4, -0.2) is 18.1 Å². The van der Waals surface area contributed by atoms with Crippen LogP contribution >= 0.6 is 23.4 Å². The van der Waals surface area contributed by atoms with Gasteiger partial charge in [0, 0.05) is 16.8 Å². The average Bonchev–Trinajstić information content (AvgIpc) is 2.79. The van der Waals surface area contributed by atoms with Gasteiger partial charge in [-0.2, -0.15) is 13.2 Å². The largest absolute Gasteiger partial charge is 0.418 e. The summed E-state index contributed by atoms with van der Waals surface area (Å²) < 4.78 is 39.3. The zero-order valence-corrected chi connectivity index (χ0v) is 14.4. The van der Waals surface area contributed by atoms with E-state index < -0.39 is 11.7 Å². The molecule has 0 aliphatic carbocycles. The van der Waals surface area contributed by atoms with Crippen LogP contribution in [0.1, 0.15) is 22.4 Å². The van der Waals surface area contributed by atoms with E-state index in [-0.39, 0.29) is 11.4 Å². The number of pyridine rings is 1. The topological polar surface area (TPSA) is 24.9 Å². The molecule has 1 aromatic carbocycles. The zero-order valence-electron chi connectivity index (χ0n) is 12.8. The van der Waals surface area contributed by atoms with E-state index in [2.05, 4.69) is 10.3 Å². The summed E-state index contributed by atoms with van der Waals surface area (Å²) in [4.78, 5) is 4.80. The third kappa shape index (κ3) is 3.87. The first-order valence-electron chi connectivity index (χ1n) is 7.61. The molecule has 3 rings (SSSR count). The Balaban J connectivity index is 1.88. The minimum absolute atomic E-state index is 0.0374. The van der Waals surface area contributed by atoms with Crippen LogP contribution in [-0.2, 0) is 24.8 Å². The number of hydrogen-bond donors (Lipinski definition) is 1. The lowest BCUT2D eigenvalue weighted by Gasteiger charge is -2.15. The quantitative estimate of drug-likeness (QED) is 0.788. The van der Waals surface area contributed by atoms with Gasteiger partial charge >= 0.3 is 6.18 Å². The minimum atomic E-state index is -4.40. The maximum absolute atomic E-state index is 13.1. The first kappa shape index (κ1) is 17.6. The van der Waals surface area contributed by atoms with Crippen molar-refractivity contribution in [3.8, 4) is 0 Å². The molecular formula is C17H16ClF3N2S. The summed E-state index contributed by atoms with van der Waals surface area (Å²) in [7, 11) is 0. The second-order valence-electron chi connectivity index (χ2n) is 5.55. The summed E-state index contributed by atoms with van der Waals surface area (Å²) in [5, 5.41) is 3.92. The van der Waals surface area contributed by atoms with Crippen LogP contribution in [0.15, 0.2) is 35.4 Å². The number of fused-ring (bicyclic) bond motifs is 1. The van der Waals surface area contributed by atoms with Gasteiger partial charge < -0.3 is 5.32 Å². The standard InChI is InChI=1S/C17H16ClF3N2S/c18-14-4-3-11-5-8-22-9-6-12(11)16(14)24-10-15-13(17(19,20)21)2-1-7-23-15/h1-4,7,22H,5-6,8-10H2. The molecule has 24 heavy (non-hydrogen) atoms. The Morgan fingerprint density at radius 3 is 2.75 bits per heavy atom. The highest BCUT2D eigenvalue weighted by Gasteiger charge is 2.33. The van der Waals surface area contributed by atoms with Crippen LogP contribution in [0.2, 0.25) is 5.02 Å². The zero-order chi connectivity index (χ0) is 17.2. The molecule has 0 spiro atoms. The summed E-state index contributed by atoms with van der Waals surface area (Å²) in [6.45, 7) is 1.75. The monoisotopic (exact) mass is 372 g/mol. The van der Waals surface area contributed by atoms with Crippen LogP contribution in [0.4, 0.5) is 13.2 Å². The van der Waals surface area contributed by atoms with Crippen molar-refractivity contribution in [2.75, 3.05) is 13.1 Å². The number of benzene rings is 1. The molecule has 2 nitrogen and oxygen atoms in total. The SMILES string of the molecule is FC(F)(F)c1cccnc1CSc1c(Cl)ccc2c1CCNCC2. The number of thioether (sulfide) groups is 1. The fraction of sp³-hybridized carbons (Fsp3) is 0.353. The molecule has 128 valence electrons. The van der Waals surface area contributed by atoms with Gasteiger partial charge in [-0.1, -0.05) is 17.7 Å². The lowest BCUT2D eigenvalue weighted by Crippen LogP contribution is -2.16. The van der Waals surface area contributed by atoms with Crippen molar-refractivity contribution in [1.82, 2.24) is 10.3 Å². The Bertz CT molecular complexity index is 734. The number of halogens is 4. The van der Waals surface area contributed by atoms with E-state index in [0.29, 0.717) is 5.02 Å². The molecule has 0 fully saturated rings. The molecule has 0 saturated carbocycles. The van der Waals surface area contributed by atoms with Gasteiger partial charge in [0.15, 0.2) is 0 Å². The van der Waals surface area contributed by atoms with E-state index in [1.807, 2.05) is 12.1 Å². The van der Waals surface area contributed by atoms with E-state index in [9.17, 15) is 13.2 Å². The van der Waals surface area contributed by atoms with Crippen LogP contribution in [0.5, 0.6) is 0 Å². The molecule has 2 heterocycles. The van der Waals surface area contributed by atoms with Crippen LogP contribution in [0, 0.1) is 0 Å². The Morgan fingerprint density at radius 1 is 1.17 bits per heavy atom. The molecule has 0 radical (unpaired) electrons. The van der Waals surface area contributed by atoms with Crippen molar-refractivity contribution in [2.24, 2.45) is 0 Å². The number of rotatable bonds is 3. The van der Waals surface area contributed by atoms with Gasteiger partial charge in [-0.3, -0.25) is 4.98 Å². The second kappa shape index (κ2) is 7.33. The number of nitrogens with zero attached hydrogens (tertiary/aromatic N) is 1. The lowest BCUT2D eigenvalue weighted by molar-refractivity contribution is -0.138. The van der Waals surface area contributed by atoms with E-state index in [1.165, 1.54) is 29.6 Å². The van der Waals surface area contributed by atoms with Crippen molar-refractivity contribution < 1.29 is 13.2 Å². The van der Waals surface area contributed by atoms with Crippen LogP contribution in [0.3, 0.4) is 0 Å². The van der Waals surface area contributed by atoms with Crippen molar-refractivity contribution in [1.29, 1.82) is 0 Å². The van der Waals surface area contributed by atoms with Crippen LogP contribution in [0.25, 0.3) is 0 Å². The summed E-state index contributed by atoms with van der Waals surface area (Å²) >= 11 is 7.66. The lowest BCUT2D eigenvalue weighted by atomic mass is 10.0. The third-order valence-corrected chi connectivity index (χ3v) is 5.58. The van der Waals surface area contributed by atoms with Gasteiger partial charge in [-0.25, -0.2) is 0 Å². The van der Waals surface area contributed by atoms with Gasteiger partial charge in [0.05, 0.1) is 16.3 Å². The Labute approximate surface area is 147 Å². The van der Waals surface area contributed by atoms with Crippen molar-refractivity contribution in [3.05, 3.63) is 57.9 Å². The van der Waals surface area contributed by atoms with Gasteiger partial charge in [-0.15, -0.1) is 11.8 Å². The average molecular weight is 373 g/mol. The maximum atomic E-state index is 13.1. The Hall–Kier alpha value is -1.24. The van der Waals surface area contributed by atoms with Crippen molar-refractivity contribution >= 4 is 23.4 Å². The molecule has 1 N–H and O–H groups in total. The van der Waals surface area contributed by atoms with E-state index in [0.717, 1.165) is 42.5 Å². The number of hydrogen-bond acceptors (Lipinski definition) is 3. The van der Waals surface area contributed by atoms with Gasteiger partial charge in [0.2, 0.25) is 0 Å². The molecule has 1 aromatic heterocycles. The predicted molar refractivity (Wildman–Crippen MR) is 90.5 cm³/mol. The first-order chi connectivity index (χ1) is 11.5. The molecule has 0 saturated heterocycles. The first-order valence-corrected chi connectivity index (χ1v) is 8.98. The summed E-state index contributed by atoms with van der Waals surface area (Å²) in [5.74, 6) is 0.138. The Kier molecular flexibility index (Phi) is 5.37. The van der Waals surface area contributed by atoms with Crippen LogP contribution < -0.4 is 5.32 Å². The highest BCUT2D eigenvalue weighted by molar-refractivity contribution is 7.98. The maximum Gasteiger partial charge on any atom is 0.418 e. The summed E-state index contributed by atoms with van der Waals surface area (Å²) in [5.41, 5.74) is 1.71. The van der Waals surface area contributed by atoms with E-state index in [4.69, 9.17) is 11.6 Å². The number of aromatic nitrogens is 1. The molecule has 7 heteroatoms. The molecule has 0 bridgehead atoms. The van der Waals surface area contributed by atoms with E-state index in [1.54, 1.807) is 0 Å². The molecule has 0 unspecified atom stereocenters. The van der Waals surface area contributed by atoms with Crippen molar-refractivity contribution in [2.45, 2.75) is 29.7 Å². The number of alkyl halides is 3. The van der Waals surface area contributed by atoms with Gasteiger partial charge in [-0.05, 0) is 55.3 Å². The smallest absolute Gasteiger partial charge is 0.316 e. The third-order valence-electron chi connectivity index (χ3n) is 3.98. The van der Waals surface area contributed by atoms with E-state index >= 15 is 0 Å². The molecule has 2 aromatic rings. The van der Waals surface area contributed by atoms with Crippen molar-refractivity contribution in [3.63, 3.8) is 0 Å². The minimum Gasteiger partial charge on any atom is -0.316 e. The molecule has 0 atom stereocenters. The summed E-state index contributed by atoms with van der Waals surface area (Å²) in [6.07, 6.45) is -1.28.